The smallest absolute Gasteiger partial charge is 0.274 e. The van der Waals surface area contributed by atoms with Gasteiger partial charge in [0.15, 0.2) is 5.69 Å². The van der Waals surface area contributed by atoms with Crippen LogP contribution in [0.25, 0.3) is 0 Å². The van der Waals surface area contributed by atoms with Crippen molar-refractivity contribution in [2.24, 2.45) is 11.7 Å². The molecule has 1 aromatic heterocycles. The van der Waals surface area contributed by atoms with Crippen molar-refractivity contribution < 1.29 is 9.59 Å². The highest BCUT2D eigenvalue weighted by Gasteiger charge is 2.32. The molecule has 0 radical (unpaired) electrons. The number of nitrogens with two attached hydrogens (primary N) is 1. The summed E-state index contributed by atoms with van der Waals surface area (Å²) in [6, 6.07) is 0. The highest BCUT2D eigenvalue weighted by atomic mass is 35.5. The third-order valence-corrected chi connectivity index (χ3v) is 4.73. The van der Waals surface area contributed by atoms with Gasteiger partial charge >= 0.3 is 0 Å². The second-order valence-electron chi connectivity index (χ2n) is 6.05. The summed E-state index contributed by atoms with van der Waals surface area (Å²) in [7, 11) is 0. The van der Waals surface area contributed by atoms with Crippen LogP contribution >= 0.6 is 11.6 Å². The average molecular weight is 338 g/mol. The van der Waals surface area contributed by atoms with Crippen molar-refractivity contribution in [2.75, 3.05) is 31.1 Å². The maximum atomic E-state index is 12.7. The summed E-state index contributed by atoms with van der Waals surface area (Å²) in [5, 5.41) is 0.235. The lowest BCUT2D eigenvalue weighted by Crippen LogP contribution is -2.34. The third-order valence-electron chi connectivity index (χ3n) is 4.45. The molecule has 2 aliphatic rings. The second kappa shape index (κ2) is 6.70. The normalized spacial score (nSPS) is 21.5. The molecule has 2 saturated heterocycles. The van der Waals surface area contributed by atoms with E-state index in [9.17, 15) is 9.59 Å². The number of likely N-dealkylation sites (tertiary alicyclic amines) is 1. The Labute approximate surface area is 139 Å². The highest BCUT2D eigenvalue weighted by Crippen LogP contribution is 2.23. The summed E-state index contributed by atoms with van der Waals surface area (Å²) in [6.45, 7) is 2.60. The second-order valence-corrected chi connectivity index (χ2v) is 6.46. The first-order chi connectivity index (χ1) is 11.1. The summed E-state index contributed by atoms with van der Waals surface area (Å²) in [5.41, 5.74) is 5.52. The summed E-state index contributed by atoms with van der Waals surface area (Å²) in [4.78, 5) is 36.2. The van der Waals surface area contributed by atoms with Gasteiger partial charge in [0.05, 0.1) is 17.1 Å². The lowest BCUT2D eigenvalue weighted by molar-refractivity contribution is -0.121. The molecule has 0 spiro atoms. The lowest BCUT2D eigenvalue weighted by Gasteiger charge is -2.27. The van der Waals surface area contributed by atoms with Crippen LogP contribution in [-0.4, -0.2) is 52.9 Å². The van der Waals surface area contributed by atoms with E-state index >= 15 is 0 Å². The monoisotopic (exact) mass is 337 g/mol. The van der Waals surface area contributed by atoms with Crippen molar-refractivity contribution in [3.8, 4) is 0 Å². The van der Waals surface area contributed by atoms with E-state index in [-0.39, 0.29) is 28.4 Å². The molecule has 0 aromatic carbocycles. The molecule has 0 saturated carbocycles. The Bertz CT molecular complexity index is 618. The number of piperidine rings is 1. The van der Waals surface area contributed by atoms with Gasteiger partial charge in [0.25, 0.3) is 5.91 Å². The number of amides is 2. The van der Waals surface area contributed by atoms with Crippen LogP contribution in [0, 0.1) is 5.92 Å². The van der Waals surface area contributed by atoms with Crippen LogP contribution in [0.3, 0.4) is 0 Å². The number of anilines is 1. The molecule has 3 rings (SSSR count). The number of nitrogens with zero attached hydrogens (tertiary/aromatic N) is 4. The fourth-order valence-electron chi connectivity index (χ4n) is 3.08. The van der Waals surface area contributed by atoms with Crippen LogP contribution in [0.5, 0.6) is 0 Å². The molecular formula is C15H20ClN5O2. The molecule has 2 amide bonds. The van der Waals surface area contributed by atoms with E-state index < -0.39 is 0 Å². The molecule has 2 aliphatic heterocycles. The van der Waals surface area contributed by atoms with Crippen LogP contribution in [0.4, 0.5) is 5.95 Å². The van der Waals surface area contributed by atoms with Crippen molar-refractivity contribution >= 4 is 29.4 Å². The van der Waals surface area contributed by atoms with Crippen LogP contribution in [0.1, 0.15) is 36.2 Å². The first-order valence-electron chi connectivity index (χ1n) is 7.92. The van der Waals surface area contributed by atoms with Crippen LogP contribution in [-0.2, 0) is 4.79 Å². The fraction of sp³-hybridized carbons (Fsp3) is 0.600. The van der Waals surface area contributed by atoms with Crippen molar-refractivity contribution in [1.29, 1.82) is 0 Å². The molecule has 23 heavy (non-hydrogen) atoms. The molecule has 8 heteroatoms. The number of hydrogen-bond acceptors (Lipinski definition) is 5. The first-order valence-corrected chi connectivity index (χ1v) is 8.30. The standard InChI is InChI=1S/C15H20ClN5O2/c16-11-8-18-15(20-5-2-1-3-6-20)19-12(11)14(23)21-7-4-10(9-21)13(17)22/h8,10H,1-7,9H2,(H2,17,22)/t10-/m1/s1. The fourth-order valence-corrected chi connectivity index (χ4v) is 3.25. The Kier molecular flexibility index (Phi) is 4.66. The largest absolute Gasteiger partial charge is 0.369 e. The predicted molar refractivity (Wildman–Crippen MR) is 86.3 cm³/mol. The highest BCUT2D eigenvalue weighted by molar-refractivity contribution is 6.33. The third kappa shape index (κ3) is 3.39. The van der Waals surface area contributed by atoms with Crippen molar-refractivity contribution in [3.05, 3.63) is 16.9 Å². The van der Waals surface area contributed by atoms with Gasteiger partial charge in [-0.2, -0.15) is 0 Å². The van der Waals surface area contributed by atoms with Gasteiger partial charge in [0.1, 0.15) is 0 Å². The molecule has 1 atom stereocenters. The summed E-state index contributed by atoms with van der Waals surface area (Å²) >= 11 is 6.12. The number of aromatic nitrogens is 2. The Morgan fingerprint density at radius 1 is 1.22 bits per heavy atom. The minimum atomic E-state index is -0.372. The van der Waals surface area contributed by atoms with Crippen molar-refractivity contribution in [2.45, 2.75) is 25.7 Å². The zero-order valence-corrected chi connectivity index (χ0v) is 13.6. The van der Waals surface area contributed by atoms with Gasteiger partial charge in [-0.15, -0.1) is 0 Å². The number of hydrogen-bond donors (Lipinski definition) is 1. The van der Waals surface area contributed by atoms with Gasteiger partial charge in [0, 0.05) is 26.2 Å². The molecule has 0 bridgehead atoms. The number of rotatable bonds is 3. The zero-order valence-electron chi connectivity index (χ0n) is 12.9. The molecular weight excluding hydrogens is 318 g/mol. The molecule has 7 nitrogen and oxygen atoms in total. The van der Waals surface area contributed by atoms with Crippen LogP contribution in [0.2, 0.25) is 5.02 Å². The van der Waals surface area contributed by atoms with Crippen molar-refractivity contribution in [3.63, 3.8) is 0 Å². The zero-order chi connectivity index (χ0) is 16.4. The predicted octanol–water partition coefficient (Wildman–Crippen LogP) is 1.07. The van der Waals surface area contributed by atoms with Gasteiger partial charge in [0.2, 0.25) is 11.9 Å². The molecule has 3 heterocycles. The first kappa shape index (κ1) is 16.0. The number of halogens is 1. The van der Waals surface area contributed by atoms with E-state index in [1.54, 1.807) is 4.90 Å². The molecule has 0 unspecified atom stereocenters. The molecule has 1 aromatic rings. The number of carbonyl (C=O) groups is 2. The minimum Gasteiger partial charge on any atom is -0.369 e. The van der Waals surface area contributed by atoms with Crippen LogP contribution in [0.15, 0.2) is 6.20 Å². The maximum Gasteiger partial charge on any atom is 0.274 e. The van der Waals surface area contributed by atoms with Gasteiger partial charge in [-0.25, -0.2) is 9.97 Å². The maximum absolute atomic E-state index is 12.7. The Hall–Kier alpha value is -1.89. The molecule has 124 valence electrons. The lowest BCUT2D eigenvalue weighted by atomic mass is 10.1. The van der Waals surface area contributed by atoms with E-state index in [1.807, 2.05) is 0 Å². The summed E-state index contributed by atoms with van der Waals surface area (Å²) in [5.74, 6) is -0.383. The molecule has 2 fully saturated rings. The van der Waals surface area contributed by atoms with Crippen molar-refractivity contribution in [1.82, 2.24) is 14.9 Å². The topological polar surface area (TPSA) is 92.4 Å². The molecule has 2 N–H and O–H groups in total. The van der Waals surface area contributed by atoms with E-state index in [1.165, 1.54) is 12.6 Å². The van der Waals surface area contributed by atoms with Gasteiger partial charge in [-0.1, -0.05) is 11.6 Å². The van der Waals surface area contributed by atoms with E-state index in [4.69, 9.17) is 17.3 Å². The minimum absolute atomic E-state index is 0.201. The Morgan fingerprint density at radius 2 is 1.96 bits per heavy atom. The summed E-state index contributed by atoms with van der Waals surface area (Å²) < 4.78 is 0. The van der Waals surface area contributed by atoms with Crippen LogP contribution < -0.4 is 10.6 Å². The summed E-state index contributed by atoms with van der Waals surface area (Å²) in [6.07, 6.45) is 5.47. The van der Waals surface area contributed by atoms with Gasteiger partial charge in [-0.05, 0) is 25.7 Å². The Morgan fingerprint density at radius 3 is 2.61 bits per heavy atom. The number of carbonyl (C=O) groups excluding carboxylic acids is 2. The van der Waals surface area contributed by atoms with Gasteiger partial charge < -0.3 is 15.5 Å². The van der Waals surface area contributed by atoms with Gasteiger partial charge in [-0.3, -0.25) is 9.59 Å². The van der Waals surface area contributed by atoms with E-state index in [0.29, 0.717) is 25.5 Å². The molecule has 0 aliphatic carbocycles. The van der Waals surface area contributed by atoms with E-state index in [2.05, 4.69) is 14.9 Å². The van der Waals surface area contributed by atoms with E-state index in [0.717, 1.165) is 25.9 Å². The average Bonchev–Trinajstić information content (AvgIpc) is 3.06. The quantitative estimate of drug-likeness (QED) is 0.890. The Balaban J connectivity index is 1.78. The number of primary amides is 1. The SMILES string of the molecule is NC(=O)[C@@H]1CCN(C(=O)c2nc(N3CCCCC3)ncc2Cl)C1.